The van der Waals surface area contributed by atoms with Gasteiger partial charge in [0.05, 0.1) is 0 Å². The molecule has 0 nitrogen and oxygen atoms in total. The lowest BCUT2D eigenvalue weighted by Crippen LogP contribution is -2.22. The van der Waals surface area contributed by atoms with Crippen LogP contribution in [0.25, 0.3) is 0 Å². The second-order valence-electron chi connectivity index (χ2n) is 4.69. The highest BCUT2D eigenvalue weighted by molar-refractivity contribution is 8.09. The quantitative estimate of drug-likeness (QED) is 0.683. The molecule has 0 N–H and O–H groups in total. The van der Waals surface area contributed by atoms with E-state index in [0.29, 0.717) is 5.25 Å². The minimum Gasteiger partial charge on any atom is -0.160 e. The molecule has 2 fully saturated rings. The Labute approximate surface area is 127 Å². The highest BCUT2D eigenvalue weighted by atomic mass is 32.2. The van der Waals surface area contributed by atoms with E-state index < -0.39 is 0 Å². The summed E-state index contributed by atoms with van der Waals surface area (Å²) in [5.74, 6) is 6.75. The maximum Gasteiger partial charge on any atom is 0.0391 e. The largest absolute Gasteiger partial charge is 0.160 e. The minimum atomic E-state index is 0.700. The molecular weight excluding hydrogens is 296 g/mol. The molecule has 2 aliphatic heterocycles. The summed E-state index contributed by atoms with van der Waals surface area (Å²) in [5.41, 5.74) is 1.52. The van der Waals surface area contributed by atoms with Crippen LogP contribution < -0.4 is 0 Å². The lowest BCUT2D eigenvalue weighted by molar-refractivity contribution is 1.04. The van der Waals surface area contributed by atoms with Crippen molar-refractivity contribution in [1.29, 1.82) is 0 Å². The van der Waals surface area contributed by atoms with Crippen LogP contribution in [0.15, 0.2) is 30.3 Å². The van der Waals surface area contributed by atoms with Crippen LogP contribution in [0.1, 0.15) is 10.8 Å². The second-order valence-corrected chi connectivity index (χ2v) is 9.68. The van der Waals surface area contributed by atoms with E-state index in [9.17, 15) is 0 Å². The zero-order valence-electron chi connectivity index (χ0n) is 10.3. The lowest BCUT2D eigenvalue weighted by atomic mass is 10.2. The molecule has 0 bridgehead atoms. The van der Waals surface area contributed by atoms with Crippen LogP contribution in [-0.2, 0) is 0 Å². The monoisotopic (exact) mass is 314 g/mol. The molecule has 2 aliphatic rings. The minimum absolute atomic E-state index is 0.700. The zero-order valence-corrected chi connectivity index (χ0v) is 13.6. The van der Waals surface area contributed by atoms with E-state index in [1.165, 1.54) is 34.3 Å². The Morgan fingerprint density at radius 3 is 2.56 bits per heavy atom. The van der Waals surface area contributed by atoms with Crippen LogP contribution >= 0.6 is 47.0 Å². The van der Waals surface area contributed by atoms with E-state index in [1.807, 2.05) is 0 Å². The van der Waals surface area contributed by atoms with Gasteiger partial charge in [-0.05, 0) is 5.56 Å². The van der Waals surface area contributed by atoms with E-state index in [0.717, 1.165) is 10.5 Å². The van der Waals surface area contributed by atoms with Crippen molar-refractivity contribution < 1.29 is 0 Å². The second kappa shape index (κ2) is 6.87. The van der Waals surface area contributed by atoms with Gasteiger partial charge in [-0.3, -0.25) is 0 Å². The fourth-order valence-corrected chi connectivity index (χ4v) is 6.89. The molecule has 2 heterocycles. The van der Waals surface area contributed by atoms with E-state index >= 15 is 0 Å². The maximum atomic E-state index is 2.30. The molecule has 0 radical (unpaired) electrons. The van der Waals surface area contributed by atoms with Crippen molar-refractivity contribution in [1.82, 2.24) is 0 Å². The van der Waals surface area contributed by atoms with Gasteiger partial charge in [0, 0.05) is 44.5 Å². The first-order valence-corrected chi connectivity index (χ1v) is 10.7. The first kappa shape index (κ1) is 13.6. The lowest BCUT2D eigenvalue weighted by Gasteiger charge is -2.29. The molecule has 0 aromatic heterocycles. The molecule has 1 aromatic rings. The highest BCUT2D eigenvalue weighted by Crippen LogP contribution is 2.42. The van der Waals surface area contributed by atoms with E-state index in [1.54, 1.807) is 0 Å². The Balaban J connectivity index is 1.54. The molecule has 0 saturated carbocycles. The third-order valence-corrected chi connectivity index (χ3v) is 8.90. The van der Waals surface area contributed by atoms with Crippen molar-refractivity contribution in [3.63, 3.8) is 0 Å². The average Bonchev–Trinajstić information content (AvgIpc) is 3.16. The molecule has 98 valence electrons. The Hall–Kier alpha value is 0.620. The number of rotatable bonds is 7. The summed E-state index contributed by atoms with van der Waals surface area (Å²) in [5, 5.41) is 2.57. The van der Waals surface area contributed by atoms with Crippen LogP contribution in [0.5, 0.6) is 0 Å². The molecule has 0 amide bonds. The molecule has 18 heavy (non-hydrogen) atoms. The summed E-state index contributed by atoms with van der Waals surface area (Å²) in [6, 6.07) is 11.1. The molecule has 1 aromatic carbocycles. The molecule has 2 unspecified atom stereocenters. The van der Waals surface area contributed by atoms with Crippen LogP contribution in [0.4, 0.5) is 0 Å². The number of hydrogen-bond acceptors (Lipinski definition) is 4. The van der Waals surface area contributed by atoms with Crippen LogP contribution in [0, 0.1) is 0 Å². The number of thioether (sulfide) groups is 4. The SMILES string of the molecule is c1ccc(C(CSCC2CS2)SC2CSC2)cc1. The molecule has 0 aliphatic carbocycles. The summed E-state index contributed by atoms with van der Waals surface area (Å²) in [6.07, 6.45) is 0. The van der Waals surface area contributed by atoms with Gasteiger partial charge in [0.2, 0.25) is 0 Å². The van der Waals surface area contributed by atoms with Gasteiger partial charge in [-0.2, -0.15) is 35.3 Å². The number of hydrogen-bond donors (Lipinski definition) is 0. The van der Waals surface area contributed by atoms with Crippen LogP contribution in [-0.4, -0.2) is 39.3 Å². The molecule has 2 atom stereocenters. The van der Waals surface area contributed by atoms with Crippen LogP contribution in [0.3, 0.4) is 0 Å². The molecular formula is C14H18S4. The number of benzene rings is 1. The van der Waals surface area contributed by atoms with Gasteiger partial charge in [0.25, 0.3) is 0 Å². The molecule has 0 spiro atoms. The van der Waals surface area contributed by atoms with Crippen molar-refractivity contribution >= 4 is 47.0 Å². The van der Waals surface area contributed by atoms with Crippen molar-refractivity contribution in [2.24, 2.45) is 0 Å². The van der Waals surface area contributed by atoms with Gasteiger partial charge in [-0.1, -0.05) is 30.3 Å². The Morgan fingerprint density at radius 1 is 1.17 bits per heavy atom. The normalized spacial score (nSPS) is 24.6. The van der Waals surface area contributed by atoms with Gasteiger partial charge in [0.15, 0.2) is 0 Å². The van der Waals surface area contributed by atoms with Crippen molar-refractivity contribution in [3.8, 4) is 0 Å². The summed E-state index contributed by atoms with van der Waals surface area (Å²) in [4.78, 5) is 0. The predicted octanol–water partition coefficient (Wildman–Crippen LogP) is 4.42. The highest BCUT2D eigenvalue weighted by Gasteiger charge is 2.26. The summed E-state index contributed by atoms with van der Waals surface area (Å²) >= 11 is 8.57. The third-order valence-electron chi connectivity index (χ3n) is 3.11. The molecule has 3 rings (SSSR count). The maximum absolute atomic E-state index is 2.30. The fourth-order valence-electron chi connectivity index (χ4n) is 1.88. The Kier molecular flexibility index (Phi) is 5.19. The van der Waals surface area contributed by atoms with E-state index in [2.05, 4.69) is 77.4 Å². The topological polar surface area (TPSA) is 0 Å². The van der Waals surface area contributed by atoms with Gasteiger partial charge in [-0.25, -0.2) is 0 Å². The van der Waals surface area contributed by atoms with Gasteiger partial charge >= 0.3 is 0 Å². The first-order chi connectivity index (χ1) is 8.92. The third kappa shape index (κ3) is 4.06. The smallest absolute Gasteiger partial charge is 0.0391 e. The van der Waals surface area contributed by atoms with E-state index in [-0.39, 0.29) is 0 Å². The van der Waals surface area contributed by atoms with E-state index in [4.69, 9.17) is 0 Å². The Morgan fingerprint density at radius 2 is 1.94 bits per heavy atom. The zero-order chi connectivity index (χ0) is 12.2. The molecule has 2 saturated heterocycles. The standard InChI is InChI=1S/C14H18S4/c1-2-4-11(5-3-1)14(18-13-7-15-8-13)10-16-6-12-9-17-12/h1-5,12-14H,6-10H2. The first-order valence-electron chi connectivity index (χ1n) is 6.39. The van der Waals surface area contributed by atoms with Gasteiger partial charge in [-0.15, -0.1) is 11.8 Å². The van der Waals surface area contributed by atoms with Crippen LogP contribution in [0.2, 0.25) is 0 Å². The van der Waals surface area contributed by atoms with Gasteiger partial charge < -0.3 is 0 Å². The summed E-state index contributed by atoms with van der Waals surface area (Å²) in [7, 11) is 0. The predicted molar refractivity (Wildman–Crippen MR) is 91.5 cm³/mol. The summed E-state index contributed by atoms with van der Waals surface area (Å²) in [6.45, 7) is 0. The average molecular weight is 315 g/mol. The van der Waals surface area contributed by atoms with Gasteiger partial charge in [0.1, 0.15) is 0 Å². The molecule has 4 heteroatoms. The van der Waals surface area contributed by atoms with Crippen molar-refractivity contribution in [3.05, 3.63) is 35.9 Å². The Bertz CT molecular complexity index is 359. The summed E-state index contributed by atoms with van der Waals surface area (Å²) < 4.78 is 0. The fraction of sp³-hybridized carbons (Fsp3) is 0.571. The van der Waals surface area contributed by atoms with Crippen molar-refractivity contribution in [2.45, 2.75) is 15.7 Å². The van der Waals surface area contributed by atoms with Crippen molar-refractivity contribution in [2.75, 3.05) is 28.8 Å².